The van der Waals surface area contributed by atoms with Gasteiger partial charge in [-0.1, -0.05) is 0 Å². The fourth-order valence-corrected chi connectivity index (χ4v) is 1.17. The van der Waals surface area contributed by atoms with Crippen LogP contribution in [0.3, 0.4) is 0 Å². The van der Waals surface area contributed by atoms with Gasteiger partial charge >= 0.3 is 11.9 Å². The van der Waals surface area contributed by atoms with Gasteiger partial charge in [-0.15, -0.1) is 0 Å². The average molecular weight is 235 g/mol. The van der Waals surface area contributed by atoms with E-state index in [1.807, 2.05) is 0 Å². The molecular formula is C12H13NO4. The molecule has 5 nitrogen and oxygen atoms in total. The van der Waals surface area contributed by atoms with E-state index in [2.05, 4.69) is 10.1 Å². The number of benzene rings is 1. The van der Waals surface area contributed by atoms with Gasteiger partial charge in [0.2, 0.25) is 0 Å². The van der Waals surface area contributed by atoms with Gasteiger partial charge in [0.1, 0.15) is 0 Å². The number of ether oxygens (including phenoxy) is 1. The maximum atomic E-state index is 11.3. The Morgan fingerprint density at radius 1 is 1.18 bits per heavy atom. The molecule has 0 aliphatic carbocycles. The second kappa shape index (κ2) is 5.79. The lowest BCUT2D eigenvalue weighted by atomic mass is 10.1. The van der Waals surface area contributed by atoms with Crippen molar-refractivity contribution >= 4 is 23.3 Å². The molecule has 0 bridgehead atoms. The molecule has 0 aliphatic heterocycles. The second-order valence-electron chi connectivity index (χ2n) is 3.31. The van der Waals surface area contributed by atoms with E-state index in [0.29, 0.717) is 11.3 Å². The number of nitrogens with one attached hydrogen (secondary N) is 1. The van der Waals surface area contributed by atoms with Crippen molar-refractivity contribution < 1.29 is 19.1 Å². The van der Waals surface area contributed by atoms with Crippen LogP contribution in [0.25, 0.3) is 0 Å². The third kappa shape index (κ3) is 3.71. The zero-order valence-corrected chi connectivity index (χ0v) is 9.65. The van der Waals surface area contributed by atoms with E-state index in [1.165, 1.54) is 6.92 Å². The molecule has 1 aromatic carbocycles. The summed E-state index contributed by atoms with van der Waals surface area (Å²) in [6, 6.07) is 6.24. The molecule has 1 rings (SSSR count). The molecule has 1 aromatic rings. The van der Waals surface area contributed by atoms with Gasteiger partial charge in [-0.25, -0.2) is 4.79 Å². The predicted molar refractivity (Wildman–Crippen MR) is 61.7 cm³/mol. The van der Waals surface area contributed by atoms with Crippen molar-refractivity contribution in [2.75, 3.05) is 11.9 Å². The first-order chi connectivity index (χ1) is 8.04. The predicted octanol–water partition coefficient (Wildman–Crippen LogP) is 1.39. The van der Waals surface area contributed by atoms with Crippen molar-refractivity contribution in [1.82, 2.24) is 0 Å². The molecule has 1 amide bonds. The number of carbonyl (C=O) groups is 3. The Morgan fingerprint density at radius 3 is 2.24 bits per heavy atom. The largest absolute Gasteiger partial charge is 0.459 e. The first-order valence-corrected chi connectivity index (χ1v) is 5.13. The summed E-state index contributed by atoms with van der Waals surface area (Å²) in [4.78, 5) is 33.3. The average Bonchev–Trinajstić information content (AvgIpc) is 2.30. The van der Waals surface area contributed by atoms with Gasteiger partial charge in [0, 0.05) is 11.3 Å². The van der Waals surface area contributed by atoms with Gasteiger partial charge < -0.3 is 10.1 Å². The maximum Gasteiger partial charge on any atom is 0.397 e. The lowest BCUT2D eigenvalue weighted by Gasteiger charge is -2.04. The molecule has 0 atom stereocenters. The first-order valence-electron chi connectivity index (χ1n) is 5.13. The molecule has 0 spiro atoms. The van der Waals surface area contributed by atoms with E-state index in [4.69, 9.17) is 0 Å². The van der Waals surface area contributed by atoms with Crippen LogP contribution >= 0.6 is 0 Å². The summed E-state index contributed by atoms with van der Waals surface area (Å²) < 4.78 is 4.53. The Bertz CT molecular complexity index is 436. The minimum atomic E-state index is -0.928. The SMILES string of the molecule is CCOC(=O)C(=O)Nc1ccc(C(C)=O)cc1. The Kier molecular flexibility index (Phi) is 4.39. The molecule has 0 fully saturated rings. The highest BCUT2D eigenvalue weighted by Crippen LogP contribution is 2.09. The van der Waals surface area contributed by atoms with Crippen molar-refractivity contribution in [3.8, 4) is 0 Å². The Hall–Kier alpha value is -2.17. The third-order valence-electron chi connectivity index (χ3n) is 2.01. The topological polar surface area (TPSA) is 72.5 Å². The standard InChI is InChI=1S/C12H13NO4/c1-3-17-12(16)11(15)13-10-6-4-9(5-7-10)8(2)14/h4-7H,3H2,1-2H3,(H,13,15). The van der Waals surface area contributed by atoms with Crippen LogP contribution in [0.5, 0.6) is 0 Å². The summed E-state index contributed by atoms with van der Waals surface area (Å²) in [5, 5.41) is 2.37. The molecule has 5 heteroatoms. The van der Waals surface area contributed by atoms with Crippen LogP contribution in [0.4, 0.5) is 5.69 Å². The Balaban J connectivity index is 2.66. The zero-order chi connectivity index (χ0) is 12.8. The van der Waals surface area contributed by atoms with Crippen molar-refractivity contribution in [2.24, 2.45) is 0 Å². The zero-order valence-electron chi connectivity index (χ0n) is 9.65. The Morgan fingerprint density at radius 2 is 1.76 bits per heavy atom. The Labute approximate surface area is 98.8 Å². The summed E-state index contributed by atoms with van der Waals surface area (Å²) in [7, 11) is 0. The lowest BCUT2D eigenvalue weighted by Crippen LogP contribution is -2.24. The quantitative estimate of drug-likeness (QED) is 0.488. The highest BCUT2D eigenvalue weighted by atomic mass is 16.5. The van der Waals surface area contributed by atoms with E-state index in [-0.39, 0.29) is 12.4 Å². The summed E-state index contributed by atoms with van der Waals surface area (Å²) >= 11 is 0. The number of ketones is 1. The van der Waals surface area contributed by atoms with Crippen LogP contribution in [-0.2, 0) is 14.3 Å². The van der Waals surface area contributed by atoms with E-state index in [0.717, 1.165) is 0 Å². The monoisotopic (exact) mass is 235 g/mol. The summed E-state index contributed by atoms with van der Waals surface area (Å²) in [5.74, 6) is -1.82. The lowest BCUT2D eigenvalue weighted by molar-refractivity contribution is -0.152. The van der Waals surface area contributed by atoms with Gasteiger partial charge in [-0.05, 0) is 38.1 Å². The highest BCUT2D eigenvalue weighted by molar-refractivity contribution is 6.37. The van der Waals surface area contributed by atoms with Crippen LogP contribution in [0, 0.1) is 0 Å². The number of esters is 1. The van der Waals surface area contributed by atoms with Gasteiger partial charge in [0.05, 0.1) is 6.61 Å². The first kappa shape index (κ1) is 12.9. The van der Waals surface area contributed by atoms with Crippen LogP contribution < -0.4 is 5.32 Å². The molecule has 0 unspecified atom stereocenters. The van der Waals surface area contributed by atoms with Gasteiger partial charge in [0.15, 0.2) is 5.78 Å². The summed E-state index contributed by atoms with van der Waals surface area (Å²) in [6.07, 6.45) is 0. The van der Waals surface area contributed by atoms with Crippen molar-refractivity contribution in [3.05, 3.63) is 29.8 Å². The number of Topliss-reactive ketones (excluding diaryl/α,β-unsaturated/α-hetero) is 1. The van der Waals surface area contributed by atoms with E-state index in [1.54, 1.807) is 31.2 Å². The van der Waals surface area contributed by atoms with E-state index < -0.39 is 11.9 Å². The molecule has 0 saturated carbocycles. The fraction of sp³-hybridized carbons (Fsp3) is 0.250. The molecule has 0 radical (unpaired) electrons. The molecule has 0 saturated heterocycles. The van der Waals surface area contributed by atoms with Crippen molar-refractivity contribution in [3.63, 3.8) is 0 Å². The molecule has 0 heterocycles. The number of hydrogen-bond donors (Lipinski definition) is 1. The van der Waals surface area contributed by atoms with Gasteiger partial charge in [-0.3, -0.25) is 9.59 Å². The molecule has 0 aliphatic rings. The third-order valence-corrected chi connectivity index (χ3v) is 2.01. The molecule has 0 aromatic heterocycles. The molecular weight excluding hydrogens is 222 g/mol. The molecule has 90 valence electrons. The normalized spacial score (nSPS) is 9.53. The molecule has 1 N–H and O–H groups in total. The van der Waals surface area contributed by atoms with Crippen LogP contribution in [0.1, 0.15) is 24.2 Å². The van der Waals surface area contributed by atoms with Crippen molar-refractivity contribution in [1.29, 1.82) is 0 Å². The summed E-state index contributed by atoms with van der Waals surface area (Å²) in [6.45, 7) is 3.22. The van der Waals surface area contributed by atoms with Gasteiger partial charge in [0.25, 0.3) is 0 Å². The summed E-state index contributed by atoms with van der Waals surface area (Å²) in [5.41, 5.74) is 0.979. The minimum Gasteiger partial charge on any atom is -0.459 e. The van der Waals surface area contributed by atoms with E-state index in [9.17, 15) is 14.4 Å². The fourth-order valence-electron chi connectivity index (χ4n) is 1.17. The van der Waals surface area contributed by atoms with Crippen LogP contribution in [0.2, 0.25) is 0 Å². The number of anilines is 1. The van der Waals surface area contributed by atoms with Gasteiger partial charge in [-0.2, -0.15) is 0 Å². The number of amides is 1. The smallest absolute Gasteiger partial charge is 0.397 e. The minimum absolute atomic E-state index is 0.0618. The maximum absolute atomic E-state index is 11.3. The number of hydrogen-bond acceptors (Lipinski definition) is 4. The van der Waals surface area contributed by atoms with Crippen LogP contribution in [-0.4, -0.2) is 24.3 Å². The number of carbonyl (C=O) groups excluding carboxylic acids is 3. The number of rotatable bonds is 3. The molecule has 17 heavy (non-hydrogen) atoms. The van der Waals surface area contributed by atoms with E-state index >= 15 is 0 Å². The van der Waals surface area contributed by atoms with Crippen molar-refractivity contribution in [2.45, 2.75) is 13.8 Å². The highest BCUT2D eigenvalue weighted by Gasteiger charge is 2.14. The van der Waals surface area contributed by atoms with Crippen LogP contribution in [0.15, 0.2) is 24.3 Å². The second-order valence-corrected chi connectivity index (χ2v) is 3.31.